The molecule has 22 heavy (non-hydrogen) atoms. The number of carbonyl (C=O) groups excluding carboxylic acids is 1. The van der Waals surface area contributed by atoms with Gasteiger partial charge >= 0.3 is 0 Å². The molecule has 0 bridgehead atoms. The third-order valence-electron chi connectivity index (χ3n) is 3.85. The van der Waals surface area contributed by atoms with Gasteiger partial charge in [0.2, 0.25) is 5.91 Å². The van der Waals surface area contributed by atoms with Crippen molar-refractivity contribution in [1.29, 1.82) is 0 Å². The second-order valence-corrected chi connectivity index (χ2v) is 6.06. The van der Waals surface area contributed by atoms with Crippen molar-refractivity contribution in [2.45, 2.75) is 39.7 Å². The summed E-state index contributed by atoms with van der Waals surface area (Å²) in [6, 6.07) is 13.9. The second-order valence-electron chi connectivity index (χ2n) is 5.66. The molecule has 0 aliphatic carbocycles. The first-order chi connectivity index (χ1) is 10.5. The van der Waals surface area contributed by atoms with E-state index in [9.17, 15) is 4.79 Å². The monoisotopic (exact) mass is 315 g/mol. The average Bonchev–Trinajstić information content (AvgIpc) is 2.48. The molecule has 2 aromatic rings. The number of benzene rings is 2. The molecule has 0 radical (unpaired) electrons. The van der Waals surface area contributed by atoms with Crippen molar-refractivity contribution in [2.75, 3.05) is 0 Å². The number of amides is 1. The molecule has 0 saturated carbocycles. The standard InChI is InChI=1S/C19H22ClNO/c1-4-18(16-10-9-13(2)11-14(16)3)21-19(22)12-15-7-5-6-8-17(15)20/h5-11,18H,4,12H2,1-3H3,(H,21,22). The van der Waals surface area contributed by atoms with Gasteiger partial charge in [0, 0.05) is 5.02 Å². The van der Waals surface area contributed by atoms with E-state index in [4.69, 9.17) is 11.6 Å². The first-order valence-electron chi connectivity index (χ1n) is 7.61. The quantitative estimate of drug-likeness (QED) is 0.846. The van der Waals surface area contributed by atoms with Crippen LogP contribution in [0.4, 0.5) is 0 Å². The maximum absolute atomic E-state index is 12.3. The smallest absolute Gasteiger partial charge is 0.224 e. The molecule has 2 nitrogen and oxygen atoms in total. The third-order valence-corrected chi connectivity index (χ3v) is 4.22. The van der Waals surface area contributed by atoms with E-state index in [1.165, 1.54) is 16.7 Å². The zero-order valence-corrected chi connectivity index (χ0v) is 14.1. The zero-order valence-electron chi connectivity index (χ0n) is 13.3. The van der Waals surface area contributed by atoms with E-state index in [0.717, 1.165) is 12.0 Å². The molecule has 0 aliphatic rings. The summed E-state index contributed by atoms with van der Waals surface area (Å²) in [5, 5.41) is 3.76. The zero-order chi connectivity index (χ0) is 16.1. The molecular weight excluding hydrogens is 294 g/mol. The molecule has 0 aromatic heterocycles. The Morgan fingerprint density at radius 2 is 1.91 bits per heavy atom. The highest BCUT2D eigenvalue weighted by Crippen LogP contribution is 2.22. The van der Waals surface area contributed by atoms with Crippen LogP contribution < -0.4 is 5.32 Å². The topological polar surface area (TPSA) is 29.1 Å². The Morgan fingerprint density at radius 3 is 2.55 bits per heavy atom. The summed E-state index contributed by atoms with van der Waals surface area (Å²) >= 11 is 6.12. The maximum atomic E-state index is 12.3. The van der Waals surface area contributed by atoms with Gasteiger partial charge in [-0.1, -0.05) is 60.5 Å². The van der Waals surface area contributed by atoms with E-state index < -0.39 is 0 Å². The van der Waals surface area contributed by atoms with Gasteiger partial charge in [-0.25, -0.2) is 0 Å². The fourth-order valence-corrected chi connectivity index (χ4v) is 2.88. The normalized spacial score (nSPS) is 12.0. The first-order valence-corrected chi connectivity index (χ1v) is 7.99. The number of carbonyl (C=O) groups is 1. The largest absolute Gasteiger partial charge is 0.349 e. The SMILES string of the molecule is CCC(NC(=O)Cc1ccccc1Cl)c1ccc(C)cc1C. The van der Waals surface area contributed by atoms with Crippen molar-refractivity contribution in [3.05, 3.63) is 69.7 Å². The van der Waals surface area contributed by atoms with Gasteiger partial charge < -0.3 is 5.32 Å². The van der Waals surface area contributed by atoms with E-state index in [-0.39, 0.29) is 11.9 Å². The Labute approximate surface area is 137 Å². The Hall–Kier alpha value is -1.80. The highest BCUT2D eigenvalue weighted by atomic mass is 35.5. The minimum atomic E-state index is -0.0000694. The summed E-state index contributed by atoms with van der Waals surface area (Å²) in [5.41, 5.74) is 4.49. The molecule has 0 fully saturated rings. The van der Waals surface area contributed by atoms with Gasteiger partial charge in [0.05, 0.1) is 12.5 Å². The first kappa shape index (κ1) is 16.6. The number of hydrogen-bond donors (Lipinski definition) is 1. The molecule has 3 heteroatoms. The lowest BCUT2D eigenvalue weighted by Crippen LogP contribution is -2.30. The number of hydrogen-bond acceptors (Lipinski definition) is 1. The molecular formula is C19H22ClNO. The van der Waals surface area contributed by atoms with Crippen LogP contribution in [0.25, 0.3) is 0 Å². The molecule has 1 atom stereocenters. The molecule has 2 rings (SSSR count). The molecule has 0 saturated heterocycles. The van der Waals surface area contributed by atoms with Crippen LogP contribution in [-0.2, 0) is 11.2 Å². The van der Waals surface area contributed by atoms with Gasteiger partial charge in [0.25, 0.3) is 0 Å². The summed E-state index contributed by atoms with van der Waals surface area (Å²) in [6.45, 7) is 6.25. The van der Waals surface area contributed by atoms with Gasteiger partial charge in [0.15, 0.2) is 0 Å². The van der Waals surface area contributed by atoms with Crippen LogP contribution in [0.2, 0.25) is 5.02 Å². The fourth-order valence-electron chi connectivity index (χ4n) is 2.68. The lowest BCUT2D eigenvalue weighted by Gasteiger charge is -2.20. The molecule has 1 amide bonds. The number of halogens is 1. The van der Waals surface area contributed by atoms with Crippen LogP contribution >= 0.6 is 11.6 Å². The van der Waals surface area contributed by atoms with Crippen molar-refractivity contribution in [1.82, 2.24) is 5.32 Å². The number of nitrogens with one attached hydrogen (secondary N) is 1. The van der Waals surface area contributed by atoms with Crippen LogP contribution in [0.5, 0.6) is 0 Å². The van der Waals surface area contributed by atoms with Crippen LogP contribution in [0.15, 0.2) is 42.5 Å². The van der Waals surface area contributed by atoms with Gasteiger partial charge in [0.1, 0.15) is 0 Å². The van der Waals surface area contributed by atoms with E-state index in [1.54, 1.807) is 0 Å². The van der Waals surface area contributed by atoms with Crippen molar-refractivity contribution >= 4 is 17.5 Å². The molecule has 0 spiro atoms. The van der Waals surface area contributed by atoms with Crippen molar-refractivity contribution in [2.24, 2.45) is 0 Å². The molecule has 2 aromatic carbocycles. The molecule has 1 unspecified atom stereocenters. The lowest BCUT2D eigenvalue weighted by atomic mass is 9.97. The predicted octanol–water partition coefficient (Wildman–Crippen LogP) is 4.77. The van der Waals surface area contributed by atoms with Crippen LogP contribution in [-0.4, -0.2) is 5.91 Å². The van der Waals surface area contributed by atoms with Gasteiger partial charge in [-0.15, -0.1) is 0 Å². The Morgan fingerprint density at radius 1 is 1.18 bits per heavy atom. The minimum Gasteiger partial charge on any atom is -0.349 e. The van der Waals surface area contributed by atoms with Crippen LogP contribution in [0.3, 0.4) is 0 Å². The molecule has 116 valence electrons. The van der Waals surface area contributed by atoms with E-state index in [2.05, 4.69) is 44.3 Å². The van der Waals surface area contributed by atoms with Crippen LogP contribution in [0, 0.1) is 13.8 Å². The average molecular weight is 316 g/mol. The highest BCUT2D eigenvalue weighted by molar-refractivity contribution is 6.31. The third kappa shape index (κ3) is 4.11. The number of aryl methyl sites for hydroxylation is 2. The highest BCUT2D eigenvalue weighted by Gasteiger charge is 2.15. The van der Waals surface area contributed by atoms with Gasteiger partial charge in [-0.2, -0.15) is 0 Å². The van der Waals surface area contributed by atoms with Gasteiger partial charge in [-0.3, -0.25) is 4.79 Å². The van der Waals surface area contributed by atoms with Crippen molar-refractivity contribution in [3.63, 3.8) is 0 Å². The molecule has 0 aliphatic heterocycles. The van der Waals surface area contributed by atoms with E-state index in [1.807, 2.05) is 24.3 Å². The van der Waals surface area contributed by atoms with E-state index >= 15 is 0 Å². The Bertz CT molecular complexity index is 666. The summed E-state index contributed by atoms with van der Waals surface area (Å²) in [7, 11) is 0. The summed E-state index contributed by atoms with van der Waals surface area (Å²) in [6.07, 6.45) is 1.17. The predicted molar refractivity (Wildman–Crippen MR) is 92.2 cm³/mol. The van der Waals surface area contributed by atoms with Gasteiger partial charge in [-0.05, 0) is 43.0 Å². The minimum absolute atomic E-state index is 0.0000694. The lowest BCUT2D eigenvalue weighted by molar-refractivity contribution is -0.121. The summed E-state index contributed by atoms with van der Waals surface area (Å²) < 4.78 is 0. The maximum Gasteiger partial charge on any atom is 0.224 e. The molecule has 1 N–H and O–H groups in total. The summed E-state index contributed by atoms with van der Waals surface area (Å²) in [5.74, 6) is -0.0000694. The second kappa shape index (κ2) is 7.46. The van der Waals surface area contributed by atoms with Crippen LogP contribution in [0.1, 0.15) is 41.6 Å². The van der Waals surface area contributed by atoms with E-state index in [0.29, 0.717) is 11.4 Å². The molecule has 0 heterocycles. The van der Waals surface area contributed by atoms with Crippen molar-refractivity contribution in [3.8, 4) is 0 Å². The Balaban J connectivity index is 2.10. The summed E-state index contributed by atoms with van der Waals surface area (Å²) in [4.78, 5) is 12.3. The Kier molecular flexibility index (Phi) is 5.62. The van der Waals surface area contributed by atoms with Crippen molar-refractivity contribution < 1.29 is 4.79 Å². The number of rotatable bonds is 5. The fraction of sp³-hybridized carbons (Fsp3) is 0.316.